The molecule has 0 saturated carbocycles. The Morgan fingerprint density at radius 3 is 2.48 bits per heavy atom. The van der Waals surface area contributed by atoms with Gasteiger partial charge in [0.2, 0.25) is 0 Å². The molecule has 1 N–H and O–H groups in total. The number of carbonyl (C=O) groups is 2. The first kappa shape index (κ1) is 18.6. The van der Waals surface area contributed by atoms with Gasteiger partial charge < -0.3 is 5.32 Å². The smallest absolute Gasteiger partial charge is 0.319 e. The summed E-state index contributed by atoms with van der Waals surface area (Å²) in [5.41, 5.74) is 0.465. The fourth-order valence-corrected chi connectivity index (χ4v) is 3.89. The van der Waals surface area contributed by atoms with Crippen LogP contribution in [0.15, 0.2) is 60.7 Å². The summed E-state index contributed by atoms with van der Waals surface area (Å²) >= 11 is 0. The van der Waals surface area contributed by atoms with E-state index in [1.165, 1.54) is 6.07 Å². The SMILES string of the molecule is Cc1c(CN2C(=O)NC(C)(c3cccc4ccccc34)C2=O)cccc1[N+](=O)[O-]. The van der Waals surface area contributed by atoms with Crippen molar-refractivity contribution in [2.45, 2.75) is 25.9 Å². The summed E-state index contributed by atoms with van der Waals surface area (Å²) in [6.45, 7) is 3.28. The first-order valence-electron chi connectivity index (χ1n) is 9.18. The lowest BCUT2D eigenvalue weighted by atomic mass is 9.87. The van der Waals surface area contributed by atoms with E-state index in [1.807, 2.05) is 42.5 Å². The second-order valence-electron chi connectivity index (χ2n) is 7.29. The Bertz CT molecular complexity index is 1170. The minimum atomic E-state index is -1.22. The number of urea groups is 1. The lowest BCUT2D eigenvalue weighted by Gasteiger charge is -2.24. The zero-order chi connectivity index (χ0) is 20.8. The zero-order valence-corrected chi connectivity index (χ0v) is 16.0. The standard InChI is InChI=1S/C22H19N3O4/c1-14-16(9-6-12-19(14)25(28)29)13-24-20(26)22(2,23-21(24)27)18-11-5-8-15-7-3-4-10-17(15)18/h3-12H,13H2,1-2H3,(H,23,27). The molecule has 1 unspecified atom stereocenters. The number of fused-ring (bicyclic) bond motifs is 1. The highest BCUT2D eigenvalue weighted by molar-refractivity contribution is 6.09. The van der Waals surface area contributed by atoms with Crippen molar-refractivity contribution in [2.24, 2.45) is 0 Å². The predicted molar refractivity (Wildman–Crippen MR) is 108 cm³/mol. The van der Waals surface area contributed by atoms with E-state index in [9.17, 15) is 19.7 Å². The molecule has 1 saturated heterocycles. The molecule has 7 heteroatoms. The summed E-state index contributed by atoms with van der Waals surface area (Å²) < 4.78 is 0. The van der Waals surface area contributed by atoms with Gasteiger partial charge in [-0.2, -0.15) is 0 Å². The van der Waals surface area contributed by atoms with Crippen LogP contribution in [0.2, 0.25) is 0 Å². The fraction of sp³-hybridized carbons (Fsp3) is 0.182. The summed E-state index contributed by atoms with van der Waals surface area (Å²) in [6, 6.07) is 17.5. The van der Waals surface area contributed by atoms with Crippen LogP contribution in [0.25, 0.3) is 10.8 Å². The molecule has 1 aliphatic heterocycles. The van der Waals surface area contributed by atoms with E-state index in [4.69, 9.17) is 0 Å². The monoisotopic (exact) mass is 389 g/mol. The number of hydrogen-bond donors (Lipinski definition) is 1. The molecule has 7 nitrogen and oxygen atoms in total. The third-order valence-corrected chi connectivity index (χ3v) is 5.55. The molecule has 146 valence electrons. The van der Waals surface area contributed by atoms with Crippen LogP contribution in [-0.2, 0) is 16.9 Å². The molecule has 0 bridgehead atoms. The Kier molecular flexibility index (Phi) is 4.30. The van der Waals surface area contributed by atoms with Gasteiger partial charge in [-0.25, -0.2) is 4.79 Å². The molecular weight excluding hydrogens is 370 g/mol. The van der Waals surface area contributed by atoms with Gasteiger partial charge in [0.05, 0.1) is 11.5 Å². The number of rotatable bonds is 4. The largest absolute Gasteiger partial charge is 0.325 e. The van der Waals surface area contributed by atoms with E-state index >= 15 is 0 Å². The van der Waals surface area contributed by atoms with Gasteiger partial charge in [0.25, 0.3) is 11.6 Å². The van der Waals surface area contributed by atoms with Crippen LogP contribution in [0.3, 0.4) is 0 Å². The number of nitrogens with one attached hydrogen (secondary N) is 1. The van der Waals surface area contributed by atoms with E-state index in [0.717, 1.165) is 15.7 Å². The van der Waals surface area contributed by atoms with Gasteiger partial charge in [0.1, 0.15) is 5.54 Å². The second-order valence-corrected chi connectivity index (χ2v) is 7.29. The Hall–Kier alpha value is -3.74. The van der Waals surface area contributed by atoms with Crippen LogP contribution < -0.4 is 5.32 Å². The quantitative estimate of drug-likeness (QED) is 0.414. The van der Waals surface area contributed by atoms with Crippen molar-refractivity contribution in [3.05, 3.63) is 87.5 Å². The van der Waals surface area contributed by atoms with Crippen molar-refractivity contribution in [3.63, 3.8) is 0 Å². The van der Waals surface area contributed by atoms with Crippen molar-refractivity contribution in [1.82, 2.24) is 10.2 Å². The third-order valence-electron chi connectivity index (χ3n) is 5.55. The van der Waals surface area contributed by atoms with Crippen LogP contribution in [0.5, 0.6) is 0 Å². The molecule has 0 radical (unpaired) electrons. The van der Waals surface area contributed by atoms with Crippen LogP contribution in [0.4, 0.5) is 10.5 Å². The van der Waals surface area contributed by atoms with Crippen molar-refractivity contribution < 1.29 is 14.5 Å². The maximum Gasteiger partial charge on any atom is 0.325 e. The molecule has 3 aromatic rings. The molecule has 4 rings (SSSR count). The molecule has 1 fully saturated rings. The van der Waals surface area contributed by atoms with Crippen molar-refractivity contribution in [2.75, 3.05) is 0 Å². The molecule has 29 heavy (non-hydrogen) atoms. The van der Waals surface area contributed by atoms with Crippen molar-refractivity contribution in [3.8, 4) is 0 Å². The van der Waals surface area contributed by atoms with Crippen LogP contribution in [0.1, 0.15) is 23.6 Å². The minimum Gasteiger partial charge on any atom is -0.319 e. The molecule has 0 aliphatic carbocycles. The fourth-order valence-electron chi connectivity index (χ4n) is 3.89. The Morgan fingerprint density at radius 1 is 1.03 bits per heavy atom. The van der Waals surface area contributed by atoms with E-state index in [1.54, 1.807) is 26.0 Å². The normalized spacial score (nSPS) is 18.9. The highest BCUT2D eigenvalue weighted by atomic mass is 16.6. The maximum absolute atomic E-state index is 13.3. The Balaban J connectivity index is 1.73. The highest BCUT2D eigenvalue weighted by Gasteiger charge is 2.49. The van der Waals surface area contributed by atoms with Gasteiger partial charge >= 0.3 is 6.03 Å². The first-order chi connectivity index (χ1) is 13.8. The Labute approximate surface area is 167 Å². The molecule has 3 amide bonds. The van der Waals surface area contributed by atoms with Crippen molar-refractivity contribution >= 4 is 28.4 Å². The highest BCUT2D eigenvalue weighted by Crippen LogP contribution is 2.35. The zero-order valence-electron chi connectivity index (χ0n) is 16.0. The topological polar surface area (TPSA) is 92.6 Å². The van der Waals surface area contributed by atoms with Gasteiger partial charge in [-0.15, -0.1) is 0 Å². The number of amides is 3. The molecule has 1 atom stereocenters. The third kappa shape index (κ3) is 2.91. The van der Waals surface area contributed by atoms with Crippen molar-refractivity contribution in [1.29, 1.82) is 0 Å². The van der Waals surface area contributed by atoms with Gasteiger partial charge in [0, 0.05) is 11.6 Å². The average molecular weight is 389 g/mol. The van der Waals surface area contributed by atoms with Gasteiger partial charge in [-0.3, -0.25) is 19.8 Å². The number of hydrogen-bond acceptors (Lipinski definition) is 4. The number of benzene rings is 3. The summed E-state index contributed by atoms with van der Waals surface area (Å²) in [7, 11) is 0. The number of nitrogens with zero attached hydrogens (tertiary/aromatic N) is 2. The average Bonchev–Trinajstić information content (AvgIpc) is 2.92. The summed E-state index contributed by atoms with van der Waals surface area (Å²) in [5, 5.41) is 15.9. The van der Waals surface area contributed by atoms with Gasteiger partial charge in [-0.1, -0.05) is 54.6 Å². The summed E-state index contributed by atoms with van der Waals surface area (Å²) in [6.07, 6.45) is 0. The van der Waals surface area contributed by atoms with E-state index in [-0.39, 0.29) is 18.1 Å². The van der Waals surface area contributed by atoms with E-state index < -0.39 is 16.5 Å². The van der Waals surface area contributed by atoms with Crippen LogP contribution in [0, 0.1) is 17.0 Å². The van der Waals surface area contributed by atoms with Crippen LogP contribution >= 0.6 is 0 Å². The number of nitro groups is 1. The number of carbonyl (C=O) groups excluding carboxylic acids is 2. The maximum atomic E-state index is 13.3. The lowest BCUT2D eigenvalue weighted by molar-refractivity contribution is -0.385. The second kappa shape index (κ2) is 6.70. The first-order valence-corrected chi connectivity index (χ1v) is 9.18. The van der Waals surface area contributed by atoms with Gasteiger partial charge in [0.15, 0.2) is 0 Å². The van der Waals surface area contributed by atoms with Gasteiger partial charge in [-0.05, 0) is 35.7 Å². The lowest BCUT2D eigenvalue weighted by Crippen LogP contribution is -2.41. The predicted octanol–water partition coefficient (Wildman–Crippen LogP) is 4.02. The molecule has 3 aromatic carbocycles. The number of nitro benzene ring substituents is 1. The molecular formula is C22H19N3O4. The van der Waals surface area contributed by atoms with Crippen LogP contribution in [-0.4, -0.2) is 21.8 Å². The molecule has 0 spiro atoms. The minimum absolute atomic E-state index is 0.0292. The molecule has 0 aromatic heterocycles. The molecule has 1 heterocycles. The van der Waals surface area contributed by atoms with E-state index in [2.05, 4.69) is 5.32 Å². The molecule has 1 aliphatic rings. The summed E-state index contributed by atoms with van der Waals surface area (Å²) in [4.78, 5) is 37.9. The Morgan fingerprint density at radius 2 is 1.72 bits per heavy atom. The number of imide groups is 1. The summed E-state index contributed by atoms with van der Waals surface area (Å²) in [5.74, 6) is -0.384. The van der Waals surface area contributed by atoms with E-state index in [0.29, 0.717) is 16.7 Å².